The van der Waals surface area contributed by atoms with Gasteiger partial charge in [-0.05, 0) is 50.8 Å². The van der Waals surface area contributed by atoms with Crippen molar-refractivity contribution in [1.82, 2.24) is 0 Å². The highest BCUT2D eigenvalue weighted by molar-refractivity contribution is 7.92. The lowest BCUT2D eigenvalue weighted by molar-refractivity contribution is -0.134. The summed E-state index contributed by atoms with van der Waals surface area (Å²) in [5.74, 6) is -1.34. The van der Waals surface area contributed by atoms with Crippen LogP contribution in [0.3, 0.4) is 0 Å². The van der Waals surface area contributed by atoms with Gasteiger partial charge in [-0.3, -0.25) is 13.7 Å². The molecule has 1 aliphatic carbocycles. The fraction of sp³-hybridized carbons (Fsp3) is 0.562. The Labute approximate surface area is 154 Å². The van der Waals surface area contributed by atoms with Gasteiger partial charge in [0.25, 0.3) is 16.0 Å². The third kappa shape index (κ3) is 4.36. The summed E-state index contributed by atoms with van der Waals surface area (Å²) in [4.78, 5) is 12.2. The molecule has 0 bridgehead atoms. The van der Waals surface area contributed by atoms with E-state index in [1.54, 1.807) is 24.3 Å². The monoisotopic (exact) mass is 404 g/mol. The van der Waals surface area contributed by atoms with Crippen LogP contribution in [0.15, 0.2) is 24.3 Å². The van der Waals surface area contributed by atoms with E-state index in [0.29, 0.717) is 24.1 Å². The van der Waals surface area contributed by atoms with E-state index in [4.69, 9.17) is 9.92 Å². The molecule has 0 saturated heterocycles. The summed E-state index contributed by atoms with van der Waals surface area (Å²) >= 11 is 0. The Bertz CT molecular complexity index is 878. The van der Waals surface area contributed by atoms with Crippen LogP contribution in [-0.4, -0.2) is 39.8 Å². The molecule has 8 nitrogen and oxygen atoms in total. The number of amides is 1. The van der Waals surface area contributed by atoms with Crippen LogP contribution in [-0.2, 0) is 29.1 Å². The lowest BCUT2D eigenvalue weighted by atomic mass is 9.84. The third-order valence-electron chi connectivity index (χ3n) is 4.48. The Balaban J connectivity index is 2.39. The average molecular weight is 405 g/mol. The average Bonchev–Trinajstić information content (AvgIpc) is 2.90. The number of nitrogens with one attached hydrogen (secondary N) is 1. The molecule has 1 amide bonds. The van der Waals surface area contributed by atoms with Gasteiger partial charge in [0.1, 0.15) is 0 Å². The minimum Gasteiger partial charge on any atom is -0.367 e. The molecular weight excluding hydrogens is 380 g/mol. The number of hydrogen-bond acceptors (Lipinski definition) is 6. The maximum absolute atomic E-state index is 12.3. The molecule has 2 atom stereocenters. The summed E-state index contributed by atoms with van der Waals surface area (Å²) in [6, 6.07) is 6.40. The molecule has 0 heterocycles. The van der Waals surface area contributed by atoms with E-state index in [1.807, 2.05) is 0 Å². The normalized spacial score (nSPS) is 23.9. The Kier molecular flexibility index (Phi) is 5.69. The van der Waals surface area contributed by atoms with Gasteiger partial charge in [-0.25, -0.2) is 8.42 Å². The van der Waals surface area contributed by atoms with Gasteiger partial charge >= 0.3 is 0 Å². The fourth-order valence-corrected chi connectivity index (χ4v) is 4.60. The Morgan fingerprint density at radius 3 is 2.27 bits per heavy atom. The zero-order chi connectivity index (χ0) is 19.8. The minimum absolute atomic E-state index is 0.211. The molecule has 3 N–H and O–H groups in total. The summed E-state index contributed by atoms with van der Waals surface area (Å²) in [5.41, 5.74) is 4.97. The summed E-state index contributed by atoms with van der Waals surface area (Å²) in [6.45, 7) is 2.94. The Morgan fingerprint density at radius 1 is 1.23 bits per heavy atom. The maximum atomic E-state index is 12.3. The lowest BCUT2D eigenvalue weighted by Crippen LogP contribution is -2.50. The highest BCUT2D eigenvalue weighted by atomic mass is 32.2. The largest absolute Gasteiger partial charge is 0.367 e. The second-order valence-electron chi connectivity index (χ2n) is 6.82. The van der Waals surface area contributed by atoms with E-state index in [0.717, 1.165) is 6.26 Å². The van der Waals surface area contributed by atoms with Crippen LogP contribution in [0.25, 0.3) is 0 Å². The van der Waals surface area contributed by atoms with Gasteiger partial charge in [-0.1, -0.05) is 12.1 Å². The predicted octanol–water partition coefficient (Wildman–Crippen LogP) is 1.30. The molecule has 2 rings (SSSR count). The topological polar surface area (TPSA) is 133 Å². The molecule has 0 aromatic heterocycles. The quantitative estimate of drug-likeness (QED) is 0.658. The third-order valence-corrected chi connectivity index (χ3v) is 6.77. The summed E-state index contributed by atoms with van der Waals surface area (Å²) in [6.07, 6.45) is 2.38. The number of sulfonamides is 1. The first-order valence-electron chi connectivity index (χ1n) is 8.19. The molecule has 1 aliphatic rings. The SMILES string of the molecule is CC(C)S(=O)(=O)OC1(C(N)=O)CCCC1c1ccc(NS(C)(=O)=O)cc1. The lowest BCUT2D eigenvalue weighted by Gasteiger charge is -2.32. The number of benzene rings is 1. The fourth-order valence-electron chi connectivity index (χ4n) is 3.15. The number of carbonyl (C=O) groups is 1. The van der Waals surface area contributed by atoms with Crippen molar-refractivity contribution >= 4 is 31.7 Å². The van der Waals surface area contributed by atoms with E-state index in [-0.39, 0.29) is 6.42 Å². The van der Waals surface area contributed by atoms with Gasteiger partial charge in [-0.2, -0.15) is 8.42 Å². The first-order valence-corrected chi connectivity index (χ1v) is 11.6. The summed E-state index contributed by atoms with van der Waals surface area (Å²) in [5, 5.41) is -0.804. The molecule has 10 heteroatoms. The van der Waals surface area contributed by atoms with Gasteiger partial charge in [-0.15, -0.1) is 0 Å². The van der Waals surface area contributed by atoms with Gasteiger partial charge < -0.3 is 5.73 Å². The van der Waals surface area contributed by atoms with E-state index < -0.39 is 42.8 Å². The van der Waals surface area contributed by atoms with Crippen LogP contribution in [0.2, 0.25) is 0 Å². The second kappa shape index (κ2) is 7.16. The predicted molar refractivity (Wildman–Crippen MR) is 98.6 cm³/mol. The van der Waals surface area contributed by atoms with Crippen LogP contribution >= 0.6 is 0 Å². The molecule has 0 spiro atoms. The van der Waals surface area contributed by atoms with Crippen LogP contribution in [0.5, 0.6) is 0 Å². The zero-order valence-corrected chi connectivity index (χ0v) is 16.6. The number of rotatable bonds is 7. The van der Waals surface area contributed by atoms with Crippen LogP contribution in [0, 0.1) is 0 Å². The zero-order valence-electron chi connectivity index (χ0n) is 14.9. The van der Waals surface area contributed by atoms with Crippen LogP contribution in [0.4, 0.5) is 5.69 Å². The number of hydrogen-bond donors (Lipinski definition) is 2. The van der Waals surface area contributed by atoms with Crippen molar-refractivity contribution in [3.05, 3.63) is 29.8 Å². The molecular formula is C16H24N2O6S2. The van der Waals surface area contributed by atoms with Gasteiger partial charge in [0.15, 0.2) is 5.60 Å². The smallest absolute Gasteiger partial charge is 0.270 e. The van der Waals surface area contributed by atoms with E-state index in [2.05, 4.69) is 4.72 Å². The molecule has 1 fully saturated rings. The van der Waals surface area contributed by atoms with Crippen LogP contribution in [0.1, 0.15) is 44.6 Å². The molecule has 2 unspecified atom stereocenters. The van der Waals surface area contributed by atoms with E-state index in [1.165, 1.54) is 13.8 Å². The molecule has 1 saturated carbocycles. The summed E-state index contributed by atoms with van der Waals surface area (Å²) < 4.78 is 54.9. The van der Waals surface area contributed by atoms with Gasteiger partial charge in [0.2, 0.25) is 10.0 Å². The van der Waals surface area contributed by atoms with Gasteiger partial charge in [0, 0.05) is 11.6 Å². The van der Waals surface area contributed by atoms with E-state index in [9.17, 15) is 21.6 Å². The van der Waals surface area contributed by atoms with Crippen molar-refractivity contribution in [3.63, 3.8) is 0 Å². The van der Waals surface area contributed by atoms with Crippen molar-refractivity contribution in [3.8, 4) is 0 Å². The maximum Gasteiger partial charge on any atom is 0.270 e. The number of anilines is 1. The summed E-state index contributed by atoms with van der Waals surface area (Å²) in [7, 11) is -7.36. The standard InChI is InChI=1S/C16H24N2O6S2/c1-11(2)26(22,23)24-16(15(17)19)10-4-5-14(16)12-6-8-13(9-7-12)18-25(3,20)21/h6-9,11,14,18H,4-5,10H2,1-3H3,(H2,17,19). The first-order chi connectivity index (χ1) is 11.9. The number of carbonyl (C=O) groups excluding carboxylic acids is 1. The van der Waals surface area contributed by atoms with Crippen molar-refractivity contribution < 1.29 is 25.8 Å². The Morgan fingerprint density at radius 2 is 1.81 bits per heavy atom. The Hall–Kier alpha value is -1.65. The van der Waals surface area contributed by atoms with Gasteiger partial charge in [0.05, 0.1) is 11.5 Å². The molecule has 0 aliphatic heterocycles. The van der Waals surface area contributed by atoms with Crippen molar-refractivity contribution in [1.29, 1.82) is 0 Å². The molecule has 146 valence electrons. The van der Waals surface area contributed by atoms with E-state index >= 15 is 0 Å². The molecule has 1 aromatic carbocycles. The number of nitrogens with two attached hydrogens (primary N) is 1. The molecule has 1 aromatic rings. The first kappa shape index (κ1) is 20.7. The second-order valence-corrected chi connectivity index (χ2v) is 10.7. The van der Waals surface area contributed by atoms with Crippen molar-refractivity contribution in [2.24, 2.45) is 5.73 Å². The van der Waals surface area contributed by atoms with Crippen molar-refractivity contribution in [2.45, 2.75) is 49.9 Å². The van der Waals surface area contributed by atoms with Crippen LogP contribution < -0.4 is 10.5 Å². The molecule has 26 heavy (non-hydrogen) atoms. The highest BCUT2D eigenvalue weighted by Gasteiger charge is 2.53. The highest BCUT2D eigenvalue weighted by Crippen LogP contribution is 2.46. The number of primary amides is 1. The minimum atomic E-state index is -3.95. The van der Waals surface area contributed by atoms with Crippen molar-refractivity contribution in [2.75, 3.05) is 11.0 Å². The molecule has 0 radical (unpaired) electrons.